The molecule has 152 valence electrons. The standard InChI is InChI=1S/C20H27N3O5/c1-5-6-9-20(4)18(26)23(19(27)22-20)11-17(25)28-12-16(24)21-15-8-7-13(2)14(3)10-15/h7-8,10H,5-6,9,11-12H2,1-4H3,(H,21,24)(H,22,27)/t20-/m1/s1. The monoisotopic (exact) mass is 389 g/mol. The van der Waals surface area contributed by atoms with Crippen LogP contribution in [0.3, 0.4) is 0 Å². The van der Waals surface area contributed by atoms with Gasteiger partial charge in [0.1, 0.15) is 12.1 Å². The maximum atomic E-state index is 12.5. The van der Waals surface area contributed by atoms with E-state index in [1.54, 1.807) is 13.0 Å². The minimum Gasteiger partial charge on any atom is -0.454 e. The van der Waals surface area contributed by atoms with Crippen molar-refractivity contribution in [3.63, 3.8) is 0 Å². The van der Waals surface area contributed by atoms with Gasteiger partial charge >= 0.3 is 12.0 Å². The van der Waals surface area contributed by atoms with Crippen molar-refractivity contribution < 1.29 is 23.9 Å². The molecule has 0 spiro atoms. The second kappa shape index (κ2) is 8.86. The fourth-order valence-electron chi connectivity index (χ4n) is 2.93. The van der Waals surface area contributed by atoms with Gasteiger partial charge in [0.2, 0.25) is 0 Å². The topological polar surface area (TPSA) is 105 Å². The average Bonchev–Trinajstić information content (AvgIpc) is 2.85. The smallest absolute Gasteiger partial charge is 0.326 e. The van der Waals surface area contributed by atoms with Crippen molar-refractivity contribution in [2.75, 3.05) is 18.5 Å². The number of hydrogen-bond acceptors (Lipinski definition) is 5. The third kappa shape index (κ3) is 5.09. The van der Waals surface area contributed by atoms with Crippen LogP contribution in [0.1, 0.15) is 44.2 Å². The molecule has 2 N–H and O–H groups in total. The number of imide groups is 1. The molecule has 0 radical (unpaired) electrons. The molecule has 1 aliphatic heterocycles. The van der Waals surface area contributed by atoms with E-state index >= 15 is 0 Å². The number of anilines is 1. The van der Waals surface area contributed by atoms with Gasteiger partial charge in [0.05, 0.1) is 0 Å². The molecule has 8 nitrogen and oxygen atoms in total. The molecule has 1 saturated heterocycles. The van der Waals surface area contributed by atoms with Gasteiger partial charge in [0.25, 0.3) is 11.8 Å². The van der Waals surface area contributed by atoms with E-state index in [9.17, 15) is 19.2 Å². The fraction of sp³-hybridized carbons (Fsp3) is 0.500. The van der Waals surface area contributed by atoms with Crippen LogP contribution in [-0.2, 0) is 19.1 Å². The molecular weight excluding hydrogens is 362 g/mol. The Morgan fingerprint density at radius 2 is 1.93 bits per heavy atom. The maximum Gasteiger partial charge on any atom is 0.326 e. The summed E-state index contributed by atoms with van der Waals surface area (Å²) in [6.07, 6.45) is 2.16. The van der Waals surface area contributed by atoms with Crippen molar-refractivity contribution in [1.29, 1.82) is 0 Å². The van der Waals surface area contributed by atoms with E-state index in [0.29, 0.717) is 12.1 Å². The lowest BCUT2D eigenvalue weighted by atomic mass is 9.95. The van der Waals surface area contributed by atoms with Crippen LogP contribution in [-0.4, -0.2) is 47.4 Å². The first-order valence-corrected chi connectivity index (χ1v) is 9.33. The van der Waals surface area contributed by atoms with Gasteiger partial charge in [-0.15, -0.1) is 0 Å². The lowest BCUT2D eigenvalue weighted by Crippen LogP contribution is -2.44. The molecular formula is C20H27N3O5. The quantitative estimate of drug-likeness (QED) is 0.524. The Hall–Kier alpha value is -2.90. The average molecular weight is 389 g/mol. The van der Waals surface area contributed by atoms with E-state index in [1.807, 2.05) is 32.9 Å². The molecule has 1 aliphatic rings. The molecule has 0 saturated carbocycles. The third-order valence-electron chi connectivity index (χ3n) is 4.82. The van der Waals surface area contributed by atoms with E-state index in [2.05, 4.69) is 10.6 Å². The largest absolute Gasteiger partial charge is 0.454 e. The molecule has 28 heavy (non-hydrogen) atoms. The lowest BCUT2D eigenvalue weighted by Gasteiger charge is -2.21. The fourth-order valence-corrected chi connectivity index (χ4v) is 2.93. The number of ether oxygens (including phenoxy) is 1. The van der Waals surface area contributed by atoms with Crippen LogP contribution in [0.25, 0.3) is 0 Å². The number of hydrogen-bond donors (Lipinski definition) is 2. The Balaban J connectivity index is 1.84. The van der Waals surface area contributed by atoms with E-state index in [1.165, 1.54) is 0 Å². The number of carbonyl (C=O) groups excluding carboxylic acids is 4. The zero-order chi connectivity index (χ0) is 20.9. The van der Waals surface area contributed by atoms with Gasteiger partial charge in [-0.1, -0.05) is 25.8 Å². The molecule has 0 bridgehead atoms. The number of amides is 4. The molecule has 1 fully saturated rings. The van der Waals surface area contributed by atoms with Crippen molar-refractivity contribution in [3.05, 3.63) is 29.3 Å². The summed E-state index contributed by atoms with van der Waals surface area (Å²) in [4.78, 5) is 49.3. The zero-order valence-electron chi connectivity index (χ0n) is 16.8. The van der Waals surface area contributed by atoms with Crippen molar-refractivity contribution in [2.24, 2.45) is 0 Å². The normalized spacial score (nSPS) is 18.8. The highest BCUT2D eigenvalue weighted by Gasteiger charge is 2.47. The van der Waals surface area contributed by atoms with Gasteiger partial charge in [0, 0.05) is 5.69 Å². The molecule has 0 aromatic heterocycles. The second-order valence-corrected chi connectivity index (χ2v) is 7.27. The van der Waals surface area contributed by atoms with Crippen molar-refractivity contribution in [3.8, 4) is 0 Å². The van der Waals surface area contributed by atoms with Gasteiger partial charge in [-0.25, -0.2) is 4.79 Å². The SMILES string of the molecule is CCCC[C@@]1(C)NC(=O)N(CC(=O)OCC(=O)Nc2ccc(C)c(C)c2)C1=O. The van der Waals surface area contributed by atoms with Crippen molar-refractivity contribution in [2.45, 2.75) is 52.5 Å². The number of nitrogens with zero attached hydrogens (tertiary/aromatic N) is 1. The summed E-state index contributed by atoms with van der Waals surface area (Å²) in [5, 5.41) is 5.26. The number of unbranched alkanes of at least 4 members (excludes halogenated alkanes) is 1. The predicted octanol–water partition coefficient (Wildman–Crippen LogP) is 2.29. The predicted molar refractivity (Wildman–Crippen MR) is 104 cm³/mol. The van der Waals surface area contributed by atoms with E-state index in [0.717, 1.165) is 28.9 Å². The Morgan fingerprint density at radius 1 is 1.21 bits per heavy atom. The number of nitrogens with one attached hydrogen (secondary N) is 2. The maximum absolute atomic E-state index is 12.5. The molecule has 1 heterocycles. The Morgan fingerprint density at radius 3 is 2.57 bits per heavy atom. The van der Waals surface area contributed by atoms with E-state index in [-0.39, 0.29) is 0 Å². The lowest BCUT2D eigenvalue weighted by molar-refractivity contribution is -0.150. The van der Waals surface area contributed by atoms with Crippen LogP contribution in [0.4, 0.5) is 10.5 Å². The van der Waals surface area contributed by atoms with Gasteiger partial charge in [-0.05, 0) is 50.5 Å². The number of urea groups is 1. The molecule has 0 unspecified atom stereocenters. The van der Waals surface area contributed by atoms with Crippen LogP contribution >= 0.6 is 0 Å². The Labute approximate surface area is 164 Å². The van der Waals surface area contributed by atoms with E-state index in [4.69, 9.17) is 4.74 Å². The third-order valence-corrected chi connectivity index (χ3v) is 4.82. The zero-order valence-corrected chi connectivity index (χ0v) is 16.8. The first-order valence-electron chi connectivity index (χ1n) is 9.33. The number of rotatable bonds is 8. The summed E-state index contributed by atoms with van der Waals surface area (Å²) in [6.45, 7) is 6.50. The van der Waals surface area contributed by atoms with Crippen molar-refractivity contribution >= 4 is 29.5 Å². The molecule has 8 heteroatoms. The van der Waals surface area contributed by atoms with Crippen molar-refractivity contribution in [1.82, 2.24) is 10.2 Å². The molecule has 1 aromatic carbocycles. The summed E-state index contributed by atoms with van der Waals surface area (Å²) in [7, 11) is 0. The first kappa shape index (κ1) is 21.4. The van der Waals surface area contributed by atoms with Crippen LogP contribution < -0.4 is 10.6 Å². The highest BCUT2D eigenvalue weighted by Crippen LogP contribution is 2.23. The minimum absolute atomic E-state index is 0.456. The highest BCUT2D eigenvalue weighted by atomic mass is 16.5. The molecule has 1 atom stereocenters. The summed E-state index contributed by atoms with van der Waals surface area (Å²) >= 11 is 0. The van der Waals surface area contributed by atoms with E-state index < -0.39 is 42.5 Å². The van der Waals surface area contributed by atoms with Crippen LogP contribution in [0.5, 0.6) is 0 Å². The van der Waals surface area contributed by atoms with Crippen LogP contribution in [0.15, 0.2) is 18.2 Å². The van der Waals surface area contributed by atoms with Crippen LogP contribution in [0, 0.1) is 13.8 Å². The summed E-state index contributed by atoms with van der Waals surface area (Å²) in [5.74, 6) is -1.78. The van der Waals surface area contributed by atoms with Gasteiger partial charge in [0.15, 0.2) is 6.61 Å². The van der Waals surface area contributed by atoms with Gasteiger partial charge in [-0.2, -0.15) is 0 Å². The molecule has 4 amide bonds. The molecule has 2 rings (SSSR count). The number of aryl methyl sites for hydroxylation is 2. The first-order chi connectivity index (χ1) is 13.2. The summed E-state index contributed by atoms with van der Waals surface area (Å²) in [5.41, 5.74) is 1.72. The van der Waals surface area contributed by atoms with Gasteiger partial charge < -0.3 is 15.4 Å². The van der Waals surface area contributed by atoms with Crippen LogP contribution in [0.2, 0.25) is 0 Å². The number of benzene rings is 1. The molecule has 0 aliphatic carbocycles. The highest BCUT2D eigenvalue weighted by molar-refractivity contribution is 6.08. The second-order valence-electron chi connectivity index (χ2n) is 7.27. The Bertz CT molecular complexity index is 792. The minimum atomic E-state index is -1.01. The van der Waals surface area contributed by atoms with Gasteiger partial charge in [-0.3, -0.25) is 19.3 Å². The number of carbonyl (C=O) groups is 4. The summed E-state index contributed by atoms with van der Waals surface area (Å²) < 4.78 is 4.91. The number of esters is 1. The summed E-state index contributed by atoms with van der Waals surface area (Å²) in [6, 6.07) is 4.83. The Kier molecular flexibility index (Phi) is 6.77. The molecule has 1 aromatic rings.